The first-order chi connectivity index (χ1) is 10.1. The quantitative estimate of drug-likeness (QED) is 0.578. The molecule has 7 heteroatoms. The number of benzene rings is 2. The van der Waals surface area contributed by atoms with E-state index in [9.17, 15) is 20.0 Å². The molecular weight excluding hydrogens is 274 g/mol. The fourth-order valence-corrected chi connectivity index (χ4v) is 2.11. The average molecular weight is 282 g/mol. The summed E-state index contributed by atoms with van der Waals surface area (Å²) < 4.78 is 0. The highest BCUT2D eigenvalue weighted by Crippen LogP contribution is 2.25. The molecule has 0 saturated heterocycles. The topological polar surface area (TPSA) is 112 Å². The Morgan fingerprint density at radius 3 is 2.67 bits per heavy atom. The van der Waals surface area contributed by atoms with Gasteiger partial charge in [-0.2, -0.15) is 0 Å². The third-order valence-corrected chi connectivity index (χ3v) is 3.08. The zero-order valence-electron chi connectivity index (χ0n) is 10.6. The van der Waals surface area contributed by atoms with Crippen molar-refractivity contribution in [3.05, 3.63) is 58.1 Å². The van der Waals surface area contributed by atoms with E-state index >= 15 is 0 Å². The van der Waals surface area contributed by atoms with Gasteiger partial charge >= 0.3 is 0 Å². The van der Waals surface area contributed by atoms with E-state index in [2.05, 4.69) is 9.97 Å². The molecule has 0 saturated carbocycles. The van der Waals surface area contributed by atoms with Crippen LogP contribution < -0.4 is 5.11 Å². The molecule has 0 atom stereocenters. The van der Waals surface area contributed by atoms with Gasteiger partial charge in [-0.25, -0.2) is 4.98 Å². The van der Waals surface area contributed by atoms with E-state index in [0.29, 0.717) is 22.4 Å². The maximum absolute atomic E-state index is 11.1. The molecule has 0 amide bonds. The number of carbonyl (C=O) groups excluding carboxylic acids is 1. The van der Waals surface area contributed by atoms with Crippen molar-refractivity contribution in [3.63, 3.8) is 0 Å². The van der Waals surface area contributed by atoms with Crippen molar-refractivity contribution in [2.24, 2.45) is 0 Å². The van der Waals surface area contributed by atoms with Gasteiger partial charge in [-0.1, -0.05) is 24.3 Å². The highest BCUT2D eigenvalue weighted by molar-refractivity contribution is 5.94. The molecule has 0 bridgehead atoms. The number of nitro groups is 1. The number of nitrogens with one attached hydrogen (secondary N) is 1. The zero-order valence-corrected chi connectivity index (χ0v) is 10.6. The number of hydrogen-bond acceptors (Lipinski definition) is 5. The number of hydrogen-bond donors (Lipinski definition) is 1. The van der Waals surface area contributed by atoms with E-state index in [1.165, 1.54) is 24.3 Å². The van der Waals surface area contributed by atoms with E-state index in [0.717, 1.165) is 0 Å². The van der Waals surface area contributed by atoms with Gasteiger partial charge in [-0.05, 0) is 6.07 Å². The predicted molar refractivity (Wildman–Crippen MR) is 72.5 cm³/mol. The fourth-order valence-electron chi connectivity index (χ4n) is 2.11. The van der Waals surface area contributed by atoms with Gasteiger partial charge in [0, 0.05) is 23.3 Å². The summed E-state index contributed by atoms with van der Waals surface area (Å²) in [4.78, 5) is 28.5. The number of rotatable bonds is 3. The Labute approximate surface area is 118 Å². The summed E-state index contributed by atoms with van der Waals surface area (Å²) in [6.45, 7) is 0. The standard InChI is InChI=1S/C14H9N3O4/c18-14(19)10-4-2-1-3-9(10)13-15-11-6-5-8(17(20)21)7-12(11)16-13/h1-7H,(H,15,16)(H,18,19)/p-1. The number of imidazole rings is 1. The second-order valence-corrected chi connectivity index (χ2v) is 4.38. The van der Waals surface area contributed by atoms with Crippen molar-refractivity contribution in [3.8, 4) is 11.4 Å². The Balaban J connectivity index is 2.18. The number of carbonyl (C=O) groups is 1. The molecule has 0 aliphatic carbocycles. The van der Waals surface area contributed by atoms with Crippen LogP contribution in [-0.2, 0) is 0 Å². The van der Waals surface area contributed by atoms with Crippen molar-refractivity contribution in [2.75, 3.05) is 0 Å². The third-order valence-electron chi connectivity index (χ3n) is 3.08. The number of carboxylic acid groups (broad SMARTS) is 1. The molecule has 7 nitrogen and oxygen atoms in total. The monoisotopic (exact) mass is 282 g/mol. The molecule has 21 heavy (non-hydrogen) atoms. The van der Waals surface area contributed by atoms with Crippen LogP contribution >= 0.6 is 0 Å². The molecule has 0 radical (unpaired) electrons. The summed E-state index contributed by atoms with van der Waals surface area (Å²) in [6.07, 6.45) is 0. The van der Waals surface area contributed by atoms with E-state index in [4.69, 9.17) is 0 Å². The van der Waals surface area contributed by atoms with Crippen LogP contribution in [0, 0.1) is 10.1 Å². The molecule has 104 valence electrons. The summed E-state index contributed by atoms with van der Waals surface area (Å²) in [5, 5.41) is 21.9. The lowest BCUT2D eigenvalue weighted by atomic mass is 10.1. The zero-order chi connectivity index (χ0) is 15.0. The van der Waals surface area contributed by atoms with Gasteiger partial charge in [-0.15, -0.1) is 0 Å². The summed E-state index contributed by atoms with van der Waals surface area (Å²) in [6, 6.07) is 10.5. The second-order valence-electron chi connectivity index (χ2n) is 4.38. The van der Waals surface area contributed by atoms with Crippen molar-refractivity contribution in [1.29, 1.82) is 0 Å². The maximum atomic E-state index is 11.1. The minimum atomic E-state index is -1.31. The summed E-state index contributed by atoms with van der Waals surface area (Å²) >= 11 is 0. The van der Waals surface area contributed by atoms with Crippen LogP contribution in [0.2, 0.25) is 0 Å². The lowest BCUT2D eigenvalue weighted by Gasteiger charge is -2.07. The number of aromatic nitrogens is 2. The number of aromatic carboxylic acids is 1. The van der Waals surface area contributed by atoms with E-state index in [-0.39, 0.29) is 11.3 Å². The van der Waals surface area contributed by atoms with Crippen LogP contribution in [0.25, 0.3) is 22.4 Å². The third kappa shape index (κ3) is 2.20. The van der Waals surface area contributed by atoms with Crippen molar-refractivity contribution in [1.82, 2.24) is 9.97 Å². The lowest BCUT2D eigenvalue weighted by molar-refractivity contribution is -0.384. The van der Waals surface area contributed by atoms with Crippen molar-refractivity contribution < 1.29 is 14.8 Å². The van der Waals surface area contributed by atoms with Crippen LogP contribution in [0.5, 0.6) is 0 Å². The van der Waals surface area contributed by atoms with Gasteiger partial charge in [0.05, 0.1) is 21.9 Å². The minimum absolute atomic E-state index is 0.00561. The Morgan fingerprint density at radius 1 is 1.19 bits per heavy atom. The van der Waals surface area contributed by atoms with Gasteiger partial charge in [0.2, 0.25) is 0 Å². The molecule has 1 heterocycles. The predicted octanol–water partition coefficient (Wildman–Crippen LogP) is 1.50. The van der Waals surface area contributed by atoms with Gasteiger partial charge in [0.25, 0.3) is 5.69 Å². The molecule has 3 aromatic rings. The molecular formula is C14H8N3O4-. The molecule has 0 unspecified atom stereocenters. The number of H-pyrrole nitrogens is 1. The number of nitro benzene ring substituents is 1. The molecule has 0 fully saturated rings. The summed E-state index contributed by atoms with van der Waals surface area (Å²) in [5.74, 6) is -0.984. The first-order valence-corrected chi connectivity index (χ1v) is 6.01. The summed E-state index contributed by atoms with van der Waals surface area (Å²) in [5.41, 5.74) is 1.30. The molecule has 1 N–H and O–H groups in total. The van der Waals surface area contributed by atoms with Crippen LogP contribution in [-0.4, -0.2) is 20.9 Å². The number of nitrogens with zero attached hydrogens (tertiary/aromatic N) is 2. The number of carboxylic acids is 1. The Bertz CT molecular complexity index is 870. The molecule has 2 aromatic carbocycles. The van der Waals surface area contributed by atoms with E-state index in [1.807, 2.05) is 0 Å². The van der Waals surface area contributed by atoms with Gasteiger partial charge in [0.15, 0.2) is 0 Å². The molecule has 0 aliphatic rings. The average Bonchev–Trinajstić information content (AvgIpc) is 2.89. The second kappa shape index (κ2) is 4.71. The maximum Gasteiger partial charge on any atom is 0.271 e. The van der Waals surface area contributed by atoms with Crippen LogP contribution in [0.1, 0.15) is 10.4 Å². The molecule has 1 aromatic heterocycles. The Kier molecular flexibility index (Phi) is 2.87. The summed E-state index contributed by atoms with van der Waals surface area (Å²) in [7, 11) is 0. The first kappa shape index (κ1) is 12.8. The van der Waals surface area contributed by atoms with Gasteiger partial charge in [0.1, 0.15) is 5.82 Å². The van der Waals surface area contributed by atoms with E-state index in [1.54, 1.807) is 18.2 Å². The molecule has 0 aliphatic heterocycles. The molecule has 0 spiro atoms. The lowest BCUT2D eigenvalue weighted by Crippen LogP contribution is -2.23. The fraction of sp³-hybridized carbons (Fsp3) is 0. The number of non-ortho nitro benzene ring substituents is 1. The van der Waals surface area contributed by atoms with Crippen LogP contribution in [0.3, 0.4) is 0 Å². The first-order valence-electron chi connectivity index (χ1n) is 6.01. The van der Waals surface area contributed by atoms with Gasteiger partial charge in [-0.3, -0.25) is 10.1 Å². The Hall–Kier alpha value is -3.22. The van der Waals surface area contributed by atoms with Crippen molar-refractivity contribution >= 4 is 22.7 Å². The largest absolute Gasteiger partial charge is 0.545 e. The molecule has 3 rings (SSSR count). The van der Waals surface area contributed by atoms with Crippen LogP contribution in [0.15, 0.2) is 42.5 Å². The minimum Gasteiger partial charge on any atom is -0.545 e. The van der Waals surface area contributed by atoms with Gasteiger partial charge < -0.3 is 14.9 Å². The van der Waals surface area contributed by atoms with Crippen LogP contribution in [0.4, 0.5) is 5.69 Å². The van der Waals surface area contributed by atoms with E-state index < -0.39 is 10.9 Å². The highest BCUT2D eigenvalue weighted by atomic mass is 16.6. The SMILES string of the molecule is O=C([O-])c1ccccc1-c1nc2ccc([N+](=O)[O-])cc2[nH]1. The van der Waals surface area contributed by atoms with Crippen molar-refractivity contribution in [2.45, 2.75) is 0 Å². The number of aromatic amines is 1. The normalized spacial score (nSPS) is 10.7. The Morgan fingerprint density at radius 2 is 1.95 bits per heavy atom. The highest BCUT2D eigenvalue weighted by Gasteiger charge is 2.13. The number of fused-ring (bicyclic) bond motifs is 1. The smallest absolute Gasteiger partial charge is 0.271 e.